The van der Waals surface area contributed by atoms with E-state index in [9.17, 15) is 18.0 Å². The van der Waals surface area contributed by atoms with E-state index in [-0.39, 0.29) is 16.8 Å². The van der Waals surface area contributed by atoms with Crippen LogP contribution in [0.5, 0.6) is 0 Å². The van der Waals surface area contributed by atoms with Crippen LogP contribution in [0.2, 0.25) is 0 Å². The number of hydrogen-bond donors (Lipinski definition) is 1. The first kappa shape index (κ1) is 17.3. The molecule has 0 spiro atoms. The van der Waals surface area contributed by atoms with Crippen LogP contribution in [0.1, 0.15) is 47.7 Å². The van der Waals surface area contributed by atoms with Crippen molar-refractivity contribution in [3.63, 3.8) is 0 Å². The second-order valence-corrected chi connectivity index (χ2v) is 6.19. The van der Waals surface area contributed by atoms with Crippen molar-refractivity contribution >= 4 is 17.2 Å². The Kier molecular flexibility index (Phi) is 4.41. The highest BCUT2D eigenvalue weighted by molar-refractivity contribution is 6.05. The summed E-state index contributed by atoms with van der Waals surface area (Å²) in [7, 11) is 0. The Morgan fingerprint density at radius 1 is 1.16 bits per heavy atom. The molecule has 1 N–H and O–H groups in total. The summed E-state index contributed by atoms with van der Waals surface area (Å²) in [6.45, 7) is 4.14. The zero-order valence-corrected chi connectivity index (χ0v) is 13.9. The number of H-pyrrole nitrogens is 1. The van der Waals surface area contributed by atoms with E-state index in [2.05, 4.69) is 18.8 Å². The Morgan fingerprint density at radius 3 is 2.52 bits per heavy atom. The highest BCUT2D eigenvalue weighted by Gasteiger charge is 2.34. The van der Waals surface area contributed by atoms with Gasteiger partial charge in [0.25, 0.3) is 0 Å². The third kappa shape index (κ3) is 3.06. The van der Waals surface area contributed by atoms with Crippen LogP contribution in [0, 0.1) is 0 Å². The Balaban J connectivity index is 2.27. The summed E-state index contributed by atoms with van der Waals surface area (Å²) in [5.41, 5.74) is 1.41. The molecule has 2 nitrogen and oxygen atoms in total. The van der Waals surface area contributed by atoms with Crippen molar-refractivity contribution in [1.29, 1.82) is 0 Å². The number of nitrogens with one attached hydrogen (secondary N) is 1. The zero-order valence-electron chi connectivity index (χ0n) is 13.9. The minimum Gasteiger partial charge on any atom is -0.354 e. The van der Waals surface area contributed by atoms with Gasteiger partial charge in [-0.15, -0.1) is 0 Å². The number of fused-ring (bicyclic) bond motifs is 1. The molecule has 0 radical (unpaired) electrons. The van der Waals surface area contributed by atoms with Crippen LogP contribution in [-0.4, -0.2) is 11.3 Å². The fourth-order valence-corrected chi connectivity index (χ4v) is 3.06. The summed E-state index contributed by atoms with van der Waals surface area (Å²) in [6, 6.07) is 11.0. The number of halogens is 3. The van der Waals surface area contributed by atoms with Crippen LogP contribution in [0.25, 0.3) is 22.2 Å². The lowest BCUT2D eigenvalue weighted by atomic mass is 9.95. The topological polar surface area (TPSA) is 32.9 Å². The zero-order chi connectivity index (χ0) is 18.2. The van der Waals surface area contributed by atoms with Crippen molar-refractivity contribution in [2.24, 2.45) is 0 Å². The maximum absolute atomic E-state index is 13.3. The molecule has 0 saturated carbocycles. The molecule has 1 atom stereocenters. The average molecular weight is 345 g/mol. The maximum Gasteiger partial charge on any atom is 0.417 e. The number of aromatic amines is 1. The number of carbonyl (C=O) groups is 1. The molecule has 25 heavy (non-hydrogen) atoms. The van der Waals surface area contributed by atoms with E-state index in [1.165, 1.54) is 18.2 Å². The Morgan fingerprint density at radius 2 is 1.88 bits per heavy atom. The summed E-state index contributed by atoms with van der Waals surface area (Å²) < 4.78 is 40.0. The fourth-order valence-electron chi connectivity index (χ4n) is 3.06. The van der Waals surface area contributed by atoms with E-state index in [4.69, 9.17) is 0 Å². The summed E-state index contributed by atoms with van der Waals surface area (Å²) in [5, 5.41) is 0.653. The number of aromatic nitrogens is 1. The summed E-state index contributed by atoms with van der Waals surface area (Å²) in [5.74, 6) is 0.310. The lowest BCUT2D eigenvalue weighted by Gasteiger charge is -2.12. The molecule has 2 aromatic carbocycles. The molecule has 130 valence electrons. The lowest BCUT2D eigenvalue weighted by molar-refractivity contribution is -0.137. The smallest absolute Gasteiger partial charge is 0.354 e. The van der Waals surface area contributed by atoms with Gasteiger partial charge in [-0.05, 0) is 36.1 Å². The Labute approximate surface area is 143 Å². The molecule has 0 fully saturated rings. The van der Waals surface area contributed by atoms with Gasteiger partial charge in [0.1, 0.15) is 0 Å². The molecule has 3 rings (SSSR count). The molecular formula is C20H18F3NO. The fraction of sp³-hybridized carbons (Fsp3) is 0.250. The SMILES string of the molecule is CCC(C)c1ccc2[nH]c(-c3ccccc3C(F)(F)F)c(C=O)c2c1. The van der Waals surface area contributed by atoms with Gasteiger partial charge in [0, 0.05) is 22.0 Å². The second-order valence-electron chi connectivity index (χ2n) is 6.19. The first-order valence-corrected chi connectivity index (χ1v) is 8.14. The number of alkyl halides is 3. The van der Waals surface area contributed by atoms with Gasteiger partial charge in [-0.1, -0.05) is 38.1 Å². The van der Waals surface area contributed by atoms with E-state index in [0.29, 0.717) is 23.1 Å². The van der Waals surface area contributed by atoms with Gasteiger partial charge in [-0.2, -0.15) is 13.2 Å². The largest absolute Gasteiger partial charge is 0.417 e. The molecule has 5 heteroatoms. The molecule has 0 aliphatic heterocycles. The summed E-state index contributed by atoms with van der Waals surface area (Å²) in [4.78, 5) is 14.7. The molecular weight excluding hydrogens is 327 g/mol. The van der Waals surface area contributed by atoms with Gasteiger partial charge in [0.15, 0.2) is 6.29 Å². The summed E-state index contributed by atoms with van der Waals surface area (Å²) >= 11 is 0. The van der Waals surface area contributed by atoms with Crippen molar-refractivity contribution in [2.75, 3.05) is 0 Å². The average Bonchev–Trinajstić information content (AvgIpc) is 2.97. The van der Waals surface area contributed by atoms with E-state index < -0.39 is 11.7 Å². The van der Waals surface area contributed by atoms with Crippen LogP contribution in [-0.2, 0) is 6.18 Å². The highest BCUT2D eigenvalue weighted by Crippen LogP contribution is 2.39. The molecule has 0 aliphatic rings. The first-order chi connectivity index (χ1) is 11.9. The predicted molar refractivity (Wildman–Crippen MR) is 92.8 cm³/mol. The number of benzene rings is 2. The standard InChI is InChI=1S/C20H18F3NO/c1-3-12(2)13-8-9-18-15(10-13)16(11-25)19(24-18)14-6-4-5-7-17(14)20(21,22)23/h4-12,24H,3H2,1-2H3. The first-order valence-electron chi connectivity index (χ1n) is 8.14. The van der Waals surface area contributed by atoms with Gasteiger partial charge < -0.3 is 4.98 Å². The molecule has 0 saturated heterocycles. The third-order valence-corrected chi connectivity index (χ3v) is 4.66. The van der Waals surface area contributed by atoms with Gasteiger partial charge in [-0.25, -0.2) is 0 Å². The monoisotopic (exact) mass is 345 g/mol. The molecule has 3 aromatic rings. The van der Waals surface area contributed by atoms with E-state index in [1.54, 1.807) is 0 Å². The molecule has 1 unspecified atom stereocenters. The van der Waals surface area contributed by atoms with Crippen molar-refractivity contribution in [3.05, 3.63) is 59.2 Å². The summed E-state index contributed by atoms with van der Waals surface area (Å²) in [6.07, 6.45) is -2.92. The second kappa shape index (κ2) is 6.39. The molecule has 1 heterocycles. The van der Waals surface area contributed by atoms with Crippen molar-refractivity contribution < 1.29 is 18.0 Å². The molecule has 0 amide bonds. The van der Waals surface area contributed by atoms with Gasteiger partial charge in [-0.3, -0.25) is 4.79 Å². The quantitative estimate of drug-likeness (QED) is 0.563. The minimum atomic E-state index is -4.49. The number of rotatable bonds is 4. The van der Waals surface area contributed by atoms with Gasteiger partial charge >= 0.3 is 6.18 Å². The van der Waals surface area contributed by atoms with Gasteiger partial charge in [0.05, 0.1) is 11.3 Å². The number of hydrogen-bond acceptors (Lipinski definition) is 1. The van der Waals surface area contributed by atoms with E-state index in [1.807, 2.05) is 18.2 Å². The highest BCUT2D eigenvalue weighted by atomic mass is 19.4. The molecule has 0 aliphatic carbocycles. The lowest BCUT2D eigenvalue weighted by Crippen LogP contribution is -2.07. The number of carbonyl (C=O) groups excluding carboxylic acids is 1. The van der Waals surface area contributed by atoms with Crippen molar-refractivity contribution in [2.45, 2.75) is 32.4 Å². The predicted octanol–water partition coefficient (Wildman–Crippen LogP) is 6.18. The Hall–Kier alpha value is -2.56. The van der Waals surface area contributed by atoms with Crippen LogP contribution >= 0.6 is 0 Å². The molecule has 0 bridgehead atoms. The van der Waals surface area contributed by atoms with E-state index in [0.717, 1.165) is 18.1 Å². The minimum absolute atomic E-state index is 0.0154. The third-order valence-electron chi connectivity index (χ3n) is 4.66. The van der Waals surface area contributed by atoms with Crippen LogP contribution in [0.3, 0.4) is 0 Å². The van der Waals surface area contributed by atoms with Crippen LogP contribution in [0.15, 0.2) is 42.5 Å². The maximum atomic E-state index is 13.3. The van der Waals surface area contributed by atoms with Crippen molar-refractivity contribution in [1.82, 2.24) is 4.98 Å². The van der Waals surface area contributed by atoms with Crippen LogP contribution < -0.4 is 0 Å². The molecule has 1 aromatic heterocycles. The normalized spacial score (nSPS) is 13.2. The van der Waals surface area contributed by atoms with E-state index >= 15 is 0 Å². The number of aldehydes is 1. The van der Waals surface area contributed by atoms with Crippen molar-refractivity contribution in [3.8, 4) is 11.3 Å². The van der Waals surface area contributed by atoms with Crippen LogP contribution in [0.4, 0.5) is 13.2 Å². The Bertz CT molecular complexity index is 924. The van der Waals surface area contributed by atoms with Gasteiger partial charge in [0.2, 0.25) is 0 Å².